The molecule has 2 aromatic heterocycles. The predicted octanol–water partition coefficient (Wildman–Crippen LogP) is 4.37. The van der Waals surface area contributed by atoms with Gasteiger partial charge in [0.25, 0.3) is 5.56 Å². The number of aromatic amines is 2. The highest BCUT2D eigenvalue weighted by Crippen LogP contribution is 2.24. The Hall–Kier alpha value is -2.90. The standard InChI is InChI=1S/C23H24ClN5O2/c1-14(29-9-3-2-4-10-29)13-31-16-6-8-17-20(12-16)27-22(26-17)21-23(30)28-18-7-5-15(24)11-19(18)25-21/h5-8,11-12,14H,2-4,9-10,13H2,1H3,(H,26,27)(H,28,30). The molecule has 1 aliphatic rings. The fraction of sp³-hybridized carbons (Fsp3) is 0.348. The fourth-order valence-corrected chi connectivity index (χ4v) is 4.25. The van der Waals surface area contributed by atoms with Crippen LogP contribution in [-0.4, -0.2) is 50.6 Å². The Morgan fingerprint density at radius 2 is 1.87 bits per heavy atom. The van der Waals surface area contributed by atoms with Crippen molar-refractivity contribution in [3.8, 4) is 17.3 Å². The zero-order valence-corrected chi connectivity index (χ0v) is 18.1. The average Bonchev–Trinajstić information content (AvgIpc) is 3.21. The molecule has 4 aromatic rings. The fourth-order valence-electron chi connectivity index (χ4n) is 4.09. The molecular weight excluding hydrogens is 414 g/mol. The van der Waals surface area contributed by atoms with Crippen LogP contribution < -0.4 is 10.3 Å². The summed E-state index contributed by atoms with van der Waals surface area (Å²) >= 11 is 6.07. The maximum absolute atomic E-state index is 12.5. The first-order valence-corrected chi connectivity index (χ1v) is 11.0. The highest BCUT2D eigenvalue weighted by Gasteiger charge is 2.17. The van der Waals surface area contributed by atoms with Crippen molar-refractivity contribution in [2.75, 3.05) is 19.7 Å². The molecule has 0 radical (unpaired) electrons. The number of hydrogen-bond donors (Lipinski definition) is 2. The molecule has 0 spiro atoms. The number of ether oxygens (including phenoxy) is 1. The van der Waals surface area contributed by atoms with Gasteiger partial charge in [-0.25, -0.2) is 9.97 Å². The Morgan fingerprint density at radius 3 is 2.71 bits per heavy atom. The number of piperidine rings is 1. The number of aromatic nitrogens is 4. The van der Waals surface area contributed by atoms with Crippen LogP contribution in [0.3, 0.4) is 0 Å². The number of rotatable bonds is 5. The largest absolute Gasteiger partial charge is 0.492 e. The van der Waals surface area contributed by atoms with E-state index in [4.69, 9.17) is 16.3 Å². The first-order valence-electron chi connectivity index (χ1n) is 10.6. The first kappa shape index (κ1) is 20.0. The number of nitrogens with zero attached hydrogens (tertiary/aromatic N) is 3. The lowest BCUT2D eigenvalue weighted by Crippen LogP contribution is -2.40. The van der Waals surface area contributed by atoms with Crippen LogP contribution in [0.5, 0.6) is 5.75 Å². The molecule has 1 saturated heterocycles. The van der Waals surface area contributed by atoms with E-state index < -0.39 is 0 Å². The summed E-state index contributed by atoms with van der Waals surface area (Å²) in [5, 5.41) is 0.558. The van der Waals surface area contributed by atoms with E-state index in [2.05, 4.69) is 31.8 Å². The summed E-state index contributed by atoms with van der Waals surface area (Å²) in [4.78, 5) is 30.1. The Labute approximate surface area is 184 Å². The molecule has 0 saturated carbocycles. The summed E-state index contributed by atoms with van der Waals surface area (Å²) in [6.45, 7) is 5.14. The number of likely N-dealkylation sites (tertiary alicyclic amines) is 1. The van der Waals surface area contributed by atoms with Gasteiger partial charge in [-0.15, -0.1) is 0 Å². The summed E-state index contributed by atoms with van der Waals surface area (Å²) in [5.41, 5.74) is 2.71. The van der Waals surface area contributed by atoms with Crippen molar-refractivity contribution in [2.45, 2.75) is 32.2 Å². The van der Waals surface area contributed by atoms with E-state index in [-0.39, 0.29) is 11.3 Å². The van der Waals surface area contributed by atoms with Gasteiger partial charge in [0, 0.05) is 17.1 Å². The molecule has 1 aliphatic heterocycles. The van der Waals surface area contributed by atoms with Gasteiger partial charge in [0.2, 0.25) is 0 Å². The third kappa shape index (κ3) is 4.16. The van der Waals surface area contributed by atoms with Crippen LogP contribution in [0.2, 0.25) is 5.02 Å². The van der Waals surface area contributed by atoms with E-state index in [1.807, 2.05) is 18.2 Å². The normalized spacial score (nSPS) is 16.1. The van der Waals surface area contributed by atoms with Gasteiger partial charge in [-0.1, -0.05) is 18.0 Å². The maximum Gasteiger partial charge on any atom is 0.278 e. The Morgan fingerprint density at radius 1 is 1.03 bits per heavy atom. The molecular formula is C23H24ClN5O2. The molecule has 1 unspecified atom stereocenters. The van der Waals surface area contributed by atoms with E-state index in [0.717, 1.165) is 29.9 Å². The minimum absolute atomic E-state index is 0.229. The summed E-state index contributed by atoms with van der Waals surface area (Å²) in [6.07, 6.45) is 3.85. The van der Waals surface area contributed by atoms with Gasteiger partial charge in [0.05, 0.1) is 22.1 Å². The average molecular weight is 438 g/mol. The zero-order valence-electron chi connectivity index (χ0n) is 17.3. The Kier molecular flexibility index (Phi) is 5.38. The number of benzene rings is 2. The van der Waals surface area contributed by atoms with Gasteiger partial charge in [0.15, 0.2) is 11.5 Å². The van der Waals surface area contributed by atoms with Gasteiger partial charge in [-0.2, -0.15) is 0 Å². The lowest BCUT2D eigenvalue weighted by molar-refractivity contribution is 0.125. The van der Waals surface area contributed by atoms with E-state index in [9.17, 15) is 4.79 Å². The smallest absolute Gasteiger partial charge is 0.278 e. The second kappa shape index (κ2) is 8.32. The Balaban J connectivity index is 1.39. The van der Waals surface area contributed by atoms with Crippen molar-refractivity contribution in [3.05, 3.63) is 51.8 Å². The van der Waals surface area contributed by atoms with Crippen LogP contribution >= 0.6 is 11.6 Å². The monoisotopic (exact) mass is 437 g/mol. The lowest BCUT2D eigenvalue weighted by atomic mass is 10.1. The minimum atomic E-state index is -0.305. The summed E-state index contributed by atoms with van der Waals surface area (Å²) in [6, 6.07) is 11.3. The van der Waals surface area contributed by atoms with Crippen LogP contribution in [0.4, 0.5) is 0 Å². The summed E-state index contributed by atoms with van der Waals surface area (Å²) in [5.74, 6) is 1.19. The summed E-state index contributed by atoms with van der Waals surface area (Å²) in [7, 11) is 0. The van der Waals surface area contributed by atoms with Crippen LogP contribution in [0, 0.1) is 0 Å². The van der Waals surface area contributed by atoms with Crippen LogP contribution in [0.25, 0.3) is 33.6 Å². The van der Waals surface area contributed by atoms with Crippen molar-refractivity contribution < 1.29 is 4.74 Å². The van der Waals surface area contributed by atoms with Gasteiger partial charge in [-0.3, -0.25) is 9.69 Å². The summed E-state index contributed by atoms with van der Waals surface area (Å²) < 4.78 is 6.05. The van der Waals surface area contributed by atoms with Gasteiger partial charge < -0.3 is 14.7 Å². The van der Waals surface area contributed by atoms with Crippen molar-refractivity contribution in [1.29, 1.82) is 0 Å². The molecule has 5 rings (SSSR count). The van der Waals surface area contributed by atoms with E-state index in [1.54, 1.807) is 18.2 Å². The van der Waals surface area contributed by atoms with Crippen molar-refractivity contribution in [1.82, 2.24) is 24.8 Å². The predicted molar refractivity (Wildman–Crippen MR) is 123 cm³/mol. The van der Waals surface area contributed by atoms with Crippen molar-refractivity contribution in [3.63, 3.8) is 0 Å². The molecule has 2 N–H and O–H groups in total. The molecule has 7 nitrogen and oxygen atoms in total. The van der Waals surface area contributed by atoms with Crippen LogP contribution in [0.15, 0.2) is 41.2 Å². The van der Waals surface area contributed by atoms with E-state index in [1.165, 1.54) is 19.3 Å². The number of halogens is 1. The third-order valence-electron chi connectivity index (χ3n) is 5.84. The van der Waals surface area contributed by atoms with E-state index in [0.29, 0.717) is 34.5 Å². The second-order valence-corrected chi connectivity index (χ2v) is 8.53. The number of fused-ring (bicyclic) bond motifs is 2. The van der Waals surface area contributed by atoms with Gasteiger partial charge >= 0.3 is 0 Å². The van der Waals surface area contributed by atoms with Gasteiger partial charge in [-0.05, 0) is 63.2 Å². The van der Waals surface area contributed by atoms with Crippen molar-refractivity contribution >= 4 is 33.7 Å². The molecule has 160 valence electrons. The Bertz CT molecular complexity index is 1290. The second-order valence-electron chi connectivity index (χ2n) is 8.10. The molecule has 31 heavy (non-hydrogen) atoms. The molecule has 1 fully saturated rings. The third-order valence-corrected chi connectivity index (χ3v) is 6.07. The van der Waals surface area contributed by atoms with Crippen LogP contribution in [-0.2, 0) is 0 Å². The van der Waals surface area contributed by atoms with E-state index >= 15 is 0 Å². The van der Waals surface area contributed by atoms with Crippen molar-refractivity contribution in [2.24, 2.45) is 0 Å². The molecule has 0 bridgehead atoms. The zero-order chi connectivity index (χ0) is 21.4. The number of nitrogens with one attached hydrogen (secondary N) is 2. The highest BCUT2D eigenvalue weighted by atomic mass is 35.5. The van der Waals surface area contributed by atoms with Crippen LogP contribution in [0.1, 0.15) is 26.2 Å². The minimum Gasteiger partial charge on any atom is -0.492 e. The SMILES string of the molecule is CC(COc1ccc2nc(-c3nc4cc(Cl)ccc4[nH]c3=O)[nH]c2c1)N1CCCCC1. The number of imidazole rings is 1. The molecule has 8 heteroatoms. The number of H-pyrrole nitrogens is 2. The highest BCUT2D eigenvalue weighted by molar-refractivity contribution is 6.31. The molecule has 3 heterocycles. The molecule has 0 amide bonds. The lowest BCUT2D eigenvalue weighted by Gasteiger charge is -2.32. The molecule has 1 atom stereocenters. The quantitative estimate of drug-likeness (QED) is 0.484. The number of hydrogen-bond acceptors (Lipinski definition) is 5. The maximum atomic E-state index is 12.5. The topological polar surface area (TPSA) is 86.9 Å². The molecule has 0 aliphatic carbocycles. The van der Waals surface area contributed by atoms with Gasteiger partial charge in [0.1, 0.15) is 12.4 Å². The first-order chi connectivity index (χ1) is 15.1. The molecule has 2 aromatic carbocycles.